The molecule has 0 aromatic heterocycles. The number of aliphatic carboxylic acids is 1. The van der Waals surface area contributed by atoms with Gasteiger partial charge in [0.2, 0.25) is 5.91 Å². The van der Waals surface area contributed by atoms with Crippen LogP contribution in [0.25, 0.3) is 0 Å². The van der Waals surface area contributed by atoms with E-state index in [-0.39, 0.29) is 24.9 Å². The summed E-state index contributed by atoms with van der Waals surface area (Å²) < 4.78 is 11.4. The van der Waals surface area contributed by atoms with E-state index in [0.717, 1.165) is 11.1 Å². The predicted molar refractivity (Wildman–Crippen MR) is 135 cm³/mol. The zero-order valence-electron chi connectivity index (χ0n) is 21.3. The third-order valence-electron chi connectivity index (χ3n) is 6.14. The van der Waals surface area contributed by atoms with Crippen LogP contribution in [0.5, 0.6) is 0 Å². The number of hydrogen-bond acceptors (Lipinski definition) is 5. The zero-order valence-corrected chi connectivity index (χ0v) is 21.3. The molecule has 1 saturated heterocycles. The van der Waals surface area contributed by atoms with Gasteiger partial charge in [0, 0.05) is 18.5 Å². The van der Waals surface area contributed by atoms with Gasteiger partial charge in [-0.1, -0.05) is 60.7 Å². The first-order chi connectivity index (χ1) is 17.0. The van der Waals surface area contributed by atoms with Crippen LogP contribution in [0.2, 0.25) is 0 Å². The van der Waals surface area contributed by atoms with Crippen LogP contribution >= 0.6 is 0 Å². The van der Waals surface area contributed by atoms with Crippen molar-refractivity contribution in [2.75, 3.05) is 6.54 Å². The van der Waals surface area contributed by atoms with Gasteiger partial charge >= 0.3 is 12.1 Å². The molecule has 194 valence electrons. The topological polar surface area (TPSA) is 105 Å². The summed E-state index contributed by atoms with van der Waals surface area (Å²) in [7, 11) is 0. The van der Waals surface area contributed by atoms with E-state index in [1.165, 1.54) is 0 Å². The van der Waals surface area contributed by atoms with Gasteiger partial charge in [-0.15, -0.1) is 0 Å². The fourth-order valence-corrected chi connectivity index (χ4v) is 4.44. The smallest absolute Gasteiger partial charge is 0.408 e. The second-order valence-electron chi connectivity index (χ2n) is 10.2. The van der Waals surface area contributed by atoms with Crippen LogP contribution in [0, 0.1) is 0 Å². The van der Waals surface area contributed by atoms with Gasteiger partial charge in [0.15, 0.2) is 0 Å². The number of carboxylic acid groups (broad SMARTS) is 1. The van der Waals surface area contributed by atoms with E-state index in [1.54, 1.807) is 32.6 Å². The Kier molecular flexibility index (Phi) is 9.09. The zero-order chi connectivity index (χ0) is 26.3. The van der Waals surface area contributed by atoms with Gasteiger partial charge in [-0.25, -0.2) is 4.79 Å². The van der Waals surface area contributed by atoms with Gasteiger partial charge in [0.1, 0.15) is 11.6 Å². The molecule has 0 radical (unpaired) electrons. The third-order valence-corrected chi connectivity index (χ3v) is 6.14. The van der Waals surface area contributed by atoms with E-state index in [1.807, 2.05) is 60.7 Å². The molecular weight excluding hydrogens is 460 g/mol. The predicted octanol–water partition coefficient (Wildman–Crippen LogP) is 4.34. The highest BCUT2D eigenvalue weighted by molar-refractivity contribution is 5.87. The Morgan fingerprint density at radius 2 is 1.67 bits per heavy atom. The number of ether oxygens (including phenoxy) is 2. The van der Waals surface area contributed by atoms with E-state index >= 15 is 0 Å². The minimum absolute atomic E-state index is 0.00206. The number of carbonyl (C=O) groups is 3. The van der Waals surface area contributed by atoms with E-state index in [0.29, 0.717) is 13.0 Å². The highest BCUT2D eigenvalue weighted by Crippen LogP contribution is 2.34. The van der Waals surface area contributed by atoms with Crippen LogP contribution in [-0.2, 0) is 25.7 Å². The lowest BCUT2D eigenvalue weighted by Crippen LogP contribution is -2.56. The van der Waals surface area contributed by atoms with E-state index < -0.39 is 35.9 Å². The molecule has 3 rings (SSSR count). The number of carboxylic acids is 1. The number of nitrogens with one attached hydrogen (secondary N) is 1. The molecule has 1 fully saturated rings. The molecule has 0 spiro atoms. The molecular formula is C28H36N2O6. The molecule has 1 aliphatic heterocycles. The summed E-state index contributed by atoms with van der Waals surface area (Å²) in [5.74, 6) is -1.36. The highest BCUT2D eigenvalue weighted by atomic mass is 16.6. The Bertz CT molecular complexity index is 1020. The Morgan fingerprint density at radius 3 is 2.25 bits per heavy atom. The standard InChI is InChI=1S/C28H36N2O6/c1-19(35-18-20-11-7-5-8-12-20)25(29-27(34)36-28(2,3)4)26(33)30-17-22(15-23(30)16-24(31)32)21-13-9-6-10-14-21/h5-14,19,22-23,25H,15-18H2,1-4H3,(H,29,34)(H,31,32)/t19?,22-,23+,25?/m0/s1. The Balaban J connectivity index is 1.82. The Morgan fingerprint density at radius 1 is 1.06 bits per heavy atom. The van der Waals surface area contributed by atoms with Crippen LogP contribution in [0.1, 0.15) is 57.6 Å². The normalized spacial score (nSPS) is 19.4. The average molecular weight is 497 g/mol. The quantitative estimate of drug-likeness (QED) is 0.535. The molecule has 2 aromatic rings. The number of nitrogens with zero attached hydrogens (tertiary/aromatic N) is 1. The van der Waals surface area contributed by atoms with E-state index in [2.05, 4.69) is 5.32 Å². The van der Waals surface area contributed by atoms with Crippen molar-refractivity contribution < 1.29 is 29.0 Å². The Labute approximate surface area is 212 Å². The SMILES string of the molecule is CC(OCc1ccccc1)C(NC(=O)OC(C)(C)C)C(=O)N1C[C@@H](c2ccccc2)C[C@@H]1CC(=O)O. The number of likely N-dealkylation sites (tertiary alicyclic amines) is 1. The molecule has 0 saturated carbocycles. The lowest BCUT2D eigenvalue weighted by Gasteiger charge is -2.32. The molecule has 0 aliphatic carbocycles. The molecule has 8 heteroatoms. The molecule has 2 unspecified atom stereocenters. The molecule has 1 aliphatic rings. The maximum absolute atomic E-state index is 13.9. The van der Waals surface area contributed by atoms with Crippen molar-refractivity contribution >= 4 is 18.0 Å². The highest BCUT2D eigenvalue weighted by Gasteiger charge is 2.42. The summed E-state index contributed by atoms with van der Waals surface area (Å²) in [6.45, 7) is 7.57. The van der Waals surface area contributed by atoms with Crippen molar-refractivity contribution in [2.45, 2.75) is 76.9 Å². The fourth-order valence-electron chi connectivity index (χ4n) is 4.44. The lowest BCUT2D eigenvalue weighted by molar-refractivity contribution is -0.142. The number of hydrogen-bond donors (Lipinski definition) is 2. The summed E-state index contributed by atoms with van der Waals surface area (Å²) in [6.07, 6.45) is -1.07. The van der Waals surface area contributed by atoms with Crippen molar-refractivity contribution in [1.29, 1.82) is 0 Å². The van der Waals surface area contributed by atoms with Crippen LogP contribution in [0.15, 0.2) is 60.7 Å². The van der Waals surface area contributed by atoms with Crippen molar-refractivity contribution in [2.24, 2.45) is 0 Å². The van der Waals surface area contributed by atoms with Gasteiger partial charge in [-0.2, -0.15) is 0 Å². The van der Waals surface area contributed by atoms with Crippen LogP contribution in [-0.4, -0.2) is 58.3 Å². The number of alkyl carbamates (subject to hydrolysis) is 1. The summed E-state index contributed by atoms with van der Waals surface area (Å²) >= 11 is 0. The molecule has 4 atom stereocenters. The molecule has 2 aromatic carbocycles. The first-order valence-corrected chi connectivity index (χ1v) is 12.3. The second kappa shape index (κ2) is 12.0. The minimum Gasteiger partial charge on any atom is -0.481 e. The van der Waals surface area contributed by atoms with Crippen molar-refractivity contribution in [1.82, 2.24) is 10.2 Å². The van der Waals surface area contributed by atoms with Crippen molar-refractivity contribution in [3.63, 3.8) is 0 Å². The molecule has 2 amide bonds. The maximum Gasteiger partial charge on any atom is 0.408 e. The van der Waals surface area contributed by atoms with Crippen molar-refractivity contribution in [3.05, 3.63) is 71.8 Å². The summed E-state index contributed by atoms with van der Waals surface area (Å²) in [5, 5.41) is 12.2. The van der Waals surface area contributed by atoms with Crippen LogP contribution in [0.4, 0.5) is 4.79 Å². The third kappa shape index (κ3) is 7.81. The van der Waals surface area contributed by atoms with E-state index in [4.69, 9.17) is 9.47 Å². The molecule has 8 nitrogen and oxygen atoms in total. The van der Waals surface area contributed by atoms with Gasteiger partial charge in [0.05, 0.1) is 19.1 Å². The average Bonchev–Trinajstić information content (AvgIpc) is 3.24. The lowest BCUT2D eigenvalue weighted by atomic mass is 9.95. The largest absolute Gasteiger partial charge is 0.481 e. The monoisotopic (exact) mass is 496 g/mol. The number of carbonyl (C=O) groups excluding carboxylic acids is 2. The maximum atomic E-state index is 13.9. The Hall–Kier alpha value is -3.39. The molecule has 0 bridgehead atoms. The first-order valence-electron chi connectivity index (χ1n) is 12.3. The summed E-state index contributed by atoms with van der Waals surface area (Å²) in [5.41, 5.74) is 1.24. The number of rotatable bonds is 9. The summed E-state index contributed by atoms with van der Waals surface area (Å²) in [4.78, 5) is 39.7. The number of benzene rings is 2. The van der Waals surface area contributed by atoms with Crippen LogP contribution in [0.3, 0.4) is 0 Å². The van der Waals surface area contributed by atoms with E-state index in [9.17, 15) is 19.5 Å². The molecule has 1 heterocycles. The fraction of sp³-hybridized carbons (Fsp3) is 0.464. The first kappa shape index (κ1) is 27.2. The molecule has 2 N–H and O–H groups in total. The molecule has 36 heavy (non-hydrogen) atoms. The number of amides is 2. The van der Waals surface area contributed by atoms with Crippen molar-refractivity contribution in [3.8, 4) is 0 Å². The second-order valence-corrected chi connectivity index (χ2v) is 10.2. The minimum atomic E-state index is -1.05. The van der Waals surface area contributed by atoms with Crippen LogP contribution < -0.4 is 5.32 Å². The van der Waals surface area contributed by atoms with Gasteiger partial charge in [-0.3, -0.25) is 9.59 Å². The van der Waals surface area contributed by atoms with Gasteiger partial charge < -0.3 is 24.8 Å². The summed E-state index contributed by atoms with van der Waals surface area (Å²) in [6, 6.07) is 17.7. The van der Waals surface area contributed by atoms with Gasteiger partial charge in [0.25, 0.3) is 0 Å². The van der Waals surface area contributed by atoms with Gasteiger partial charge in [-0.05, 0) is 45.2 Å².